The van der Waals surface area contributed by atoms with E-state index in [1.807, 2.05) is 6.07 Å². The molecule has 108 valence electrons. The van der Waals surface area contributed by atoms with Crippen molar-refractivity contribution in [1.29, 1.82) is 0 Å². The molecule has 0 amide bonds. The Balaban J connectivity index is 1.97. The fraction of sp³-hybridized carbons (Fsp3) is 0.0625. The minimum Gasteiger partial charge on any atom is -0.489 e. The number of carboxylic acid groups (broad SMARTS) is 1. The lowest BCUT2D eigenvalue weighted by molar-refractivity contribution is -0.131. The van der Waals surface area contributed by atoms with Crippen LogP contribution in [0.4, 0.5) is 0 Å². The average Bonchev–Trinajstić information content (AvgIpc) is 2.47. The van der Waals surface area contributed by atoms with Crippen molar-refractivity contribution >= 4 is 35.2 Å². The second-order valence-corrected chi connectivity index (χ2v) is 5.09. The summed E-state index contributed by atoms with van der Waals surface area (Å²) in [5.41, 5.74) is 1.71. The van der Waals surface area contributed by atoms with E-state index in [1.165, 1.54) is 6.08 Å². The van der Waals surface area contributed by atoms with Crippen LogP contribution < -0.4 is 4.74 Å². The van der Waals surface area contributed by atoms with Gasteiger partial charge in [-0.05, 0) is 41.5 Å². The molecule has 0 unspecified atom stereocenters. The number of rotatable bonds is 5. The maximum Gasteiger partial charge on any atom is 0.328 e. The number of benzene rings is 2. The zero-order valence-electron chi connectivity index (χ0n) is 10.9. The average molecular weight is 323 g/mol. The largest absolute Gasteiger partial charge is 0.489 e. The number of hydrogen-bond acceptors (Lipinski definition) is 2. The Morgan fingerprint density at radius 3 is 2.43 bits per heavy atom. The van der Waals surface area contributed by atoms with Crippen molar-refractivity contribution in [3.8, 4) is 5.75 Å². The lowest BCUT2D eigenvalue weighted by Gasteiger charge is -2.07. The van der Waals surface area contributed by atoms with Gasteiger partial charge in [-0.3, -0.25) is 0 Å². The van der Waals surface area contributed by atoms with Gasteiger partial charge in [-0.1, -0.05) is 41.4 Å². The van der Waals surface area contributed by atoms with Gasteiger partial charge in [0.15, 0.2) is 0 Å². The first-order chi connectivity index (χ1) is 10.0. The van der Waals surface area contributed by atoms with Gasteiger partial charge in [-0.2, -0.15) is 0 Å². The third-order valence-corrected chi connectivity index (χ3v) is 3.43. The van der Waals surface area contributed by atoms with E-state index in [0.717, 1.165) is 17.2 Å². The predicted octanol–water partition coefficient (Wildman–Crippen LogP) is 4.67. The van der Waals surface area contributed by atoms with Crippen LogP contribution in [0, 0.1) is 0 Å². The van der Waals surface area contributed by atoms with E-state index >= 15 is 0 Å². The van der Waals surface area contributed by atoms with Crippen LogP contribution in [0.2, 0.25) is 10.0 Å². The fourth-order valence-corrected chi connectivity index (χ4v) is 1.96. The molecule has 21 heavy (non-hydrogen) atoms. The molecule has 0 radical (unpaired) electrons. The summed E-state index contributed by atoms with van der Waals surface area (Å²) in [4.78, 5) is 10.4. The molecule has 0 aliphatic carbocycles. The molecular weight excluding hydrogens is 311 g/mol. The maximum atomic E-state index is 10.4. The third kappa shape index (κ3) is 4.81. The highest BCUT2D eigenvalue weighted by atomic mass is 35.5. The molecule has 0 fully saturated rings. The summed E-state index contributed by atoms with van der Waals surface area (Å²) in [6.45, 7) is 0.376. The van der Waals surface area contributed by atoms with Gasteiger partial charge in [0.2, 0.25) is 0 Å². The fourth-order valence-electron chi connectivity index (χ4n) is 1.64. The van der Waals surface area contributed by atoms with Crippen molar-refractivity contribution in [2.45, 2.75) is 6.61 Å². The van der Waals surface area contributed by atoms with E-state index in [-0.39, 0.29) is 0 Å². The van der Waals surface area contributed by atoms with Crippen LogP contribution in [-0.4, -0.2) is 11.1 Å². The number of ether oxygens (including phenoxy) is 1. The van der Waals surface area contributed by atoms with Crippen LogP contribution in [-0.2, 0) is 11.4 Å². The summed E-state index contributed by atoms with van der Waals surface area (Å²) in [5.74, 6) is -0.288. The van der Waals surface area contributed by atoms with Crippen molar-refractivity contribution < 1.29 is 14.6 Å². The number of halogens is 2. The zero-order valence-corrected chi connectivity index (χ0v) is 12.4. The van der Waals surface area contributed by atoms with Gasteiger partial charge in [0, 0.05) is 6.08 Å². The van der Waals surface area contributed by atoms with Crippen molar-refractivity contribution in [2.75, 3.05) is 0 Å². The van der Waals surface area contributed by atoms with Gasteiger partial charge in [0.25, 0.3) is 0 Å². The minimum absolute atomic E-state index is 0.376. The molecular formula is C16H12Cl2O3. The molecule has 0 aromatic heterocycles. The van der Waals surface area contributed by atoms with E-state index in [9.17, 15) is 4.79 Å². The lowest BCUT2D eigenvalue weighted by atomic mass is 10.2. The standard InChI is InChI=1S/C16H12Cl2O3/c17-14-7-3-12(9-15(14)18)10-21-13-5-1-11(2-6-13)4-8-16(19)20/h1-9H,10H2,(H,19,20)/b8-4+. The molecule has 0 aliphatic rings. The van der Waals surface area contributed by atoms with Crippen LogP contribution in [0.3, 0.4) is 0 Å². The summed E-state index contributed by atoms with van der Waals surface area (Å²) in [7, 11) is 0. The Bertz CT molecular complexity index is 664. The van der Waals surface area contributed by atoms with Crippen LogP contribution in [0.1, 0.15) is 11.1 Å². The molecule has 0 aliphatic heterocycles. The summed E-state index contributed by atoms with van der Waals surface area (Å²) >= 11 is 11.8. The van der Waals surface area contributed by atoms with Crippen LogP contribution in [0.5, 0.6) is 5.75 Å². The molecule has 0 saturated heterocycles. The smallest absolute Gasteiger partial charge is 0.328 e. The predicted molar refractivity (Wildman–Crippen MR) is 83.9 cm³/mol. The van der Waals surface area contributed by atoms with Gasteiger partial charge < -0.3 is 9.84 Å². The molecule has 2 aromatic carbocycles. The lowest BCUT2D eigenvalue weighted by Crippen LogP contribution is -1.95. The minimum atomic E-state index is -0.977. The van der Waals surface area contributed by atoms with Gasteiger partial charge in [-0.15, -0.1) is 0 Å². The Hall–Kier alpha value is -1.97. The topological polar surface area (TPSA) is 46.5 Å². The quantitative estimate of drug-likeness (QED) is 0.813. The summed E-state index contributed by atoms with van der Waals surface area (Å²) in [6.07, 6.45) is 2.61. The number of aliphatic carboxylic acids is 1. The Labute approximate surface area is 132 Å². The molecule has 3 nitrogen and oxygen atoms in total. The van der Waals surface area contributed by atoms with Gasteiger partial charge >= 0.3 is 5.97 Å². The molecule has 0 bridgehead atoms. The number of carbonyl (C=O) groups is 1. The monoisotopic (exact) mass is 322 g/mol. The van der Waals surface area contributed by atoms with Gasteiger partial charge in [-0.25, -0.2) is 4.79 Å². The van der Waals surface area contributed by atoms with Crippen molar-refractivity contribution in [3.63, 3.8) is 0 Å². The summed E-state index contributed by atoms with van der Waals surface area (Å²) in [6, 6.07) is 12.4. The van der Waals surface area contributed by atoms with Crippen molar-refractivity contribution in [2.24, 2.45) is 0 Å². The first kappa shape index (κ1) is 15.4. The van der Waals surface area contributed by atoms with E-state index < -0.39 is 5.97 Å². The zero-order chi connectivity index (χ0) is 15.2. The number of carboxylic acids is 1. The Kier molecular flexibility index (Phi) is 5.26. The van der Waals surface area contributed by atoms with E-state index in [0.29, 0.717) is 22.4 Å². The SMILES string of the molecule is O=C(O)/C=C/c1ccc(OCc2ccc(Cl)c(Cl)c2)cc1. The van der Waals surface area contributed by atoms with Crippen molar-refractivity contribution in [1.82, 2.24) is 0 Å². The second-order valence-electron chi connectivity index (χ2n) is 4.28. The van der Waals surface area contributed by atoms with Crippen LogP contribution in [0.15, 0.2) is 48.5 Å². The number of hydrogen-bond donors (Lipinski definition) is 1. The molecule has 1 N–H and O–H groups in total. The molecule has 0 spiro atoms. The highest BCUT2D eigenvalue weighted by molar-refractivity contribution is 6.42. The van der Waals surface area contributed by atoms with E-state index in [2.05, 4.69) is 0 Å². The first-order valence-electron chi connectivity index (χ1n) is 6.12. The second kappa shape index (κ2) is 7.16. The molecule has 0 heterocycles. The maximum absolute atomic E-state index is 10.4. The van der Waals surface area contributed by atoms with Gasteiger partial charge in [0.05, 0.1) is 10.0 Å². The van der Waals surface area contributed by atoms with Crippen LogP contribution >= 0.6 is 23.2 Å². The summed E-state index contributed by atoms with van der Waals surface area (Å²) < 4.78 is 5.63. The molecule has 2 aromatic rings. The van der Waals surface area contributed by atoms with Crippen molar-refractivity contribution in [3.05, 3.63) is 69.7 Å². The summed E-state index contributed by atoms with van der Waals surface area (Å²) in [5, 5.41) is 9.55. The molecule has 2 rings (SSSR count). The third-order valence-electron chi connectivity index (χ3n) is 2.69. The van der Waals surface area contributed by atoms with E-state index in [1.54, 1.807) is 36.4 Å². The molecule has 5 heteroatoms. The van der Waals surface area contributed by atoms with Crippen LogP contribution in [0.25, 0.3) is 6.08 Å². The Morgan fingerprint density at radius 1 is 1.10 bits per heavy atom. The highest BCUT2D eigenvalue weighted by Crippen LogP contribution is 2.23. The van der Waals surface area contributed by atoms with Gasteiger partial charge in [0.1, 0.15) is 12.4 Å². The molecule has 0 saturated carbocycles. The Morgan fingerprint density at radius 2 is 1.81 bits per heavy atom. The van der Waals surface area contributed by atoms with E-state index in [4.69, 9.17) is 33.0 Å². The first-order valence-corrected chi connectivity index (χ1v) is 6.88. The molecule has 0 atom stereocenters. The highest BCUT2D eigenvalue weighted by Gasteiger charge is 2.01. The normalized spacial score (nSPS) is 10.8.